The highest BCUT2D eigenvalue weighted by Gasteiger charge is 2.02. The molecular formula is C15H15N3O. The molecule has 0 aliphatic carbocycles. The van der Waals surface area contributed by atoms with Gasteiger partial charge in [0.1, 0.15) is 5.75 Å². The molecule has 0 unspecified atom stereocenters. The third kappa shape index (κ3) is 2.68. The summed E-state index contributed by atoms with van der Waals surface area (Å²) in [7, 11) is 0. The average molecular weight is 253 g/mol. The van der Waals surface area contributed by atoms with E-state index >= 15 is 0 Å². The van der Waals surface area contributed by atoms with Crippen molar-refractivity contribution in [3.8, 4) is 5.75 Å². The maximum absolute atomic E-state index is 5.73. The Morgan fingerprint density at radius 1 is 1.11 bits per heavy atom. The Kier molecular flexibility index (Phi) is 3.06. The van der Waals surface area contributed by atoms with Crippen molar-refractivity contribution < 1.29 is 4.74 Å². The second-order valence-corrected chi connectivity index (χ2v) is 4.39. The summed E-state index contributed by atoms with van der Waals surface area (Å²) >= 11 is 0. The monoisotopic (exact) mass is 253 g/mol. The number of aromatic nitrogens is 2. The van der Waals surface area contributed by atoms with Crippen molar-refractivity contribution in [2.24, 2.45) is 0 Å². The first-order valence-corrected chi connectivity index (χ1v) is 6.23. The summed E-state index contributed by atoms with van der Waals surface area (Å²) < 4.78 is 5.73. The zero-order chi connectivity index (χ0) is 13.1. The topological polar surface area (TPSA) is 63.9 Å². The molecule has 4 heteroatoms. The van der Waals surface area contributed by atoms with Gasteiger partial charge < -0.3 is 15.5 Å². The van der Waals surface area contributed by atoms with E-state index < -0.39 is 0 Å². The fourth-order valence-electron chi connectivity index (χ4n) is 2.03. The maximum Gasteiger partial charge on any atom is 0.198 e. The molecule has 0 amide bonds. The number of ether oxygens (including phenoxy) is 1. The van der Waals surface area contributed by atoms with Gasteiger partial charge >= 0.3 is 0 Å². The summed E-state index contributed by atoms with van der Waals surface area (Å²) in [6.07, 6.45) is 0.890. The van der Waals surface area contributed by atoms with Crippen LogP contribution in [0.25, 0.3) is 11.0 Å². The zero-order valence-electron chi connectivity index (χ0n) is 10.5. The number of anilines is 1. The highest BCUT2D eigenvalue weighted by molar-refractivity contribution is 5.78. The van der Waals surface area contributed by atoms with Crippen molar-refractivity contribution in [1.29, 1.82) is 0 Å². The fourth-order valence-corrected chi connectivity index (χ4v) is 2.03. The molecule has 96 valence electrons. The van der Waals surface area contributed by atoms with Crippen molar-refractivity contribution >= 4 is 17.0 Å². The summed E-state index contributed by atoms with van der Waals surface area (Å²) in [6, 6.07) is 16.0. The third-order valence-electron chi connectivity index (χ3n) is 2.98. The number of nitrogens with one attached hydrogen (secondary N) is 1. The van der Waals surface area contributed by atoms with Crippen LogP contribution >= 0.6 is 0 Å². The lowest BCUT2D eigenvalue weighted by Gasteiger charge is -2.06. The van der Waals surface area contributed by atoms with Gasteiger partial charge in [-0.15, -0.1) is 0 Å². The van der Waals surface area contributed by atoms with Gasteiger partial charge in [0.05, 0.1) is 17.6 Å². The third-order valence-corrected chi connectivity index (χ3v) is 2.98. The largest absolute Gasteiger partial charge is 0.493 e. The Hall–Kier alpha value is -2.49. The lowest BCUT2D eigenvalue weighted by molar-refractivity contribution is 0.322. The standard InChI is InChI=1S/C15H15N3O/c16-15-17-13-7-6-12(10-14(13)18-15)19-9-8-11-4-2-1-3-5-11/h1-7,10H,8-9H2,(H3,16,17,18). The van der Waals surface area contributed by atoms with Gasteiger partial charge in [0, 0.05) is 12.5 Å². The number of rotatable bonds is 4. The normalized spacial score (nSPS) is 10.7. The Bertz CT molecular complexity index is 676. The van der Waals surface area contributed by atoms with E-state index in [0.717, 1.165) is 23.2 Å². The van der Waals surface area contributed by atoms with E-state index in [-0.39, 0.29) is 0 Å². The predicted molar refractivity (Wildman–Crippen MR) is 76.1 cm³/mol. The highest BCUT2D eigenvalue weighted by Crippen LogP contribution is 2.19. The molecule has 2 aromatic carbocycles. The summed E-state index contributed by atoms with van der Waals surface area (Å²) in [4.78, 5) is 7.16. The number of nitrogens with zero attached hydrogens (tertiary/aromatic N) is 1. The van der Waals surface area contributed by atoms with Gasteiger partial charge in [-0.3, -0.25) is 0 Å². The van der Waals surface area contributed by atoms with Gasteiger partial charge in [0.15, 0.2) is 5.95 Å². The first-order chi connectivity index (χ1) is 9.31. The minimum Gasteiger partial charge on any atom is -0.493 e. The molecule has 1 heterocycles. The Balaban J connectivity index is 1.65. The van der Waals surface area contributed by atoms with Crippen molar-refractivity contribution in [3.05, 3.63) is 54.1 Å². The zero-order valence-corrected chi connectivity index (χ0v) is 10.5. The quantitative estimate of drug-likeness (QED) is 0.751. The van der Waals surface area contributed by atoms with E-state index in [2.05, 4.69) is 22.1 Å². The number of nitrogens with two attached hydrogens (primary N) is 1. The molecule has 3 aromatic rings. The smallest absolute Gasteiger partial charge is 0.198 e. The summed E-state index contributed by atoms with van der Waals surface area (Å²) in [6.45, 7) is 0.648. The summed E-state index contributed by atoms with van der Waals surface area (Å²) in [5.74, 6) is 1.24. The minimum absolute atomic E-state index is 0.427. The van der Waals surface area contributed by atoms with E-state index in [1.807, 2.05) is 36.4 Å². The second kappa shape index (κ2) is 5.02. The molecule has 3 N–H and O–H groups in total. The van der Waals surface area contributed by atoms with Gasteiger partial charge in [0.2, 0.25) is 0 Å². The summed E-state index contributed by atoms with van der Waals surface area (Å²) in [5.41, 5.74) is 8.63. The molecule has 0 fully saturated rings. The van der Waals surface area contributed by atoms with Gasteiger partial charge in [-0.05, 0) is 17.7 Å². The van der Waals surface area contributed by atoms with Gasteiger partial charge in [-0.25, -0.2) is 4.98 Å². The van der Waals surface area contributed by atoms with Crippen LogP contribution in [-0.4, -0.2) is 16.6 Å². The molecule has 0 spiro atoms. The number of imidazole rings is 1. The molecule has 0 aliphatic heterocycles. The van der Waals surface area contributed by atoms with Crippen LogP contribution in [0.15, 0.2) is 48.5 Å². The number of hydrogen-bond acceptors (Lipinski definition) is 3. The van der Waals surface area contributed by atoms with Crippen LogP contribution in [0.5, 0.6) is 5.75 Å². The van der Waals surface area contributed by atoms with Crippen LogP contribution in [0.2, 0.25) is 0 Å². The average Bonchev–Trinajstić information content (AvgIpc) is 2.79. The van der Waals surface area contributed by atoms with Gasteiger partial charge in [-0.2, -0.15) is 0 Å². The Morgan fingerprint density at radius 3 is 2.79 bits per heavy atom. The lowest BCUT2D eigenvalue weighted by atomic mass is 10.2. The molecule has 1 aromatic heterocycles. The van der Waals surface area contributed by atoms with Crippen molar-refractivity contribution in [1.82, 2.24) is 9.97 Å². The summed E-state index contributed by atoms with van der Waals surface area (Å²) in [5, 5.41) is 0. The number of benzene rings is 2. The molecular weight excluding hydrogens is 238 g/mol. The van der Waals surface area contributed by atoms with E-state index in [9.17, 15) is 0 Å². The van der Waals surface area contributed by atoms with E-state index in [4.69, 9.17) is 10.5 Å². The van der Waals surface area contributed by atoms with Crippen LogP contribution in [-0.2, 0) is 6.42 Å². The van der Waals surface area contributed by atoms with Crippen LogP contribution in [0.3, 0.4) is 0 Å². The lowest BCUT2D eigenvalue weighted by Crippen LogP contribution is -2.00. The molecule has 0 radical (unpaired) electrons. The number of H-pyrrole nitrogens is 1. The first kappa shape index (κ1) is 11.6. The Labute approximate surface area is 111 Å². The molecule has 0 aliphatic rings. The van der Waals surface area contributed by atoms with Gasteiger partial charge in [-0.1, -0.05) is 30.3 Å². The highest BCUT2D eigenvalue weighted by atomic mass is 16.5. The molecule has 0 bridgehead atoms. The van der Waals surface area contributed by atoms with Crippen LogP contribution < -0.4 is 10.5 Å². The number of aromatic amines is 1. The van der Waals surface area contributed by atoms with Gasteiger partial charge in [0.25, 0.3) is 0 Å². The molecule has 19 heavy (non-hydrogen) atoms. The van der Waals surface area contributed by atoms with E-state index in [0.29, 0.717) is 12.6 Å². The number of hydrogen-bond donors (Lipinski definition) is 2. The van der Waals surface area contributed by atoms with Crippen LogP contribution in [0.1, 0.15) is 5.56 Å². The number of nitrogen functional groups attached to an aromatic ring is 1. The molecule has 0 saturated heterocycles. The van der Waals surface area contributed by atoms with Crippen LogP contribution in [0.4, 0.5) is 5.95 Å². The molecule has 3 rings (SSSR count). The molecule has 4 nitrogen and oxygen atoms in total. The van der Waals surface area contributed by atoms with E-state index in [1.165, 1.54) is 5.56 Å². The number of fused-ring (bicyclic) bond motifs is 1. The van der Waals surface area contributed by atoms with E-state index in [1.54, 1.807) is 0 Å². The maximum atomic E-state index is 5.73. The minimum atomic E-state index is 0.427. The van der Waals surface area contributed by atoms with Crippen molar-refractivity contribution in [2.45, 2.75) is 6.42 Å². The Morgan fingerprint density at radius 2 is 1.95 bits per heavy atom. The van der Waals surface area contributed by atoms with Crippen LogP contribution in [0, 0.1) is 0 Å². The molecule has 0 atom stereocenters. The SMILES string of the molecule is Nc1nc2cc(OCCc3ccccc3)ccc2[nH]1. The van der Waals surface area contributed by atoms with Crippen molar-refractivity contribution in [2.75, 3.05) is 12.3 Å². The second-order valence-electron chi connectivity index (χ2n) is 4.39. The fraction of sp³-hybridized carbons (Fsp3) is 0.133. The first-order valence-electron chi connectivity index (χ1n) is 6.23. The predicted octanol–water partition coefficient (Wildman–Crippen LogP) is 2.77. The molecule has 0 saturated carbocycles. The van der Waals surface area contributed by atoms with Crippen molar-refractivity contribution in [3.63, 3.8) is 0 Å².